The summed E-state index contributed by atoms with van der Waals surface area (Å²) in [6.45, 7) is 3.31. The lowest BCUT2D eigenvalue weighted by atomic mass is 9.57. The Balaban J connectivity index is 1.83. The minimum atomic E-state index is -0.812. The molecule has 1 saturated heterocycles. The zero-order valence-corrected chi connectivity index (χ0v) is 13.0. The molecular formula is C16H23NO5. The fraction of sp³-hybridized carbons (Fsp3) is 0.812. The number of hydrogen-bond donors (Lipinski definition) is 2. The molecule has 0 aromatic carbocycles. The summed E-state index contributed by atoms with van der Waals surface area (Å²) in [5, 5.41) is 12.6. The zero-order valence-electron chi connectivity index (χ0n) is 13.0. The first kappa shape index (κ1) is 15.3. The molecule has 0 aromatic rings. The normalized spacial score (nSPS) is 43.7. The van der Waals surface area contributed by atoms with Gasteiger partial charge in [0.15, 0.2) is 0 Å². The van der Waals surface area contributed by atoms with Crippen LogP contribution in [0.2, 0.25) is 0 Å². The van der Waals surface area contributed by atoms with E-state index in [1.165, 1.54) is 6.92 Å². The second-order valence-corrected chi connectivity index (χ2v) is 7.06. The summed E-state index contributed by atoms with van der Waals surface area (Å²) in [4.78, 5) is 35.1. The van der Waals surface area contributed by atoms with E-state index >= 15 is 0 Å². The van der Waals surface area contributed by atoms with E-state index in [1.54, 1.807) is 0 Å². The first-order chi connectivity index (χ1) is 10.4. The maximum atomic E-state index is 12.0. The number of carbonyl (C=O) groups excluding carboxylic acids is 2. The van der Waals surface area contributed by atoms with Crippen molar-refractivity contribution in [3.63, 3.8) is 0 Å². The summed E-state index contributed by atoms with van der Waals surface area (Å²) in [6.07, 6.45) is 2.74. The van der Waals surface area contributed by atoms with Crippen molar-refractivity contribution in [1.82, 2.24) is 5.32 Å². The predicted molar refractivity (Wildman–Crippen MR) is 76.7 cm³/mol. The molecule has 0 bridgehead atoms. The summed E-state index contributed by atoms with van der Waals surface area (Å²) in [5.74, 6) is -1.87. The highest BCUT2D eigenvalue weighted by Gasteiger charge is 2.57. The Morgan fingerprint density at radius 3 is 2.64 bits per heavy atom. The molecule has 0 radical (unpaired) electrons. The van der Waals surface area contributed by atoms with Crippen molar-refractivity contribution in [2.45, 2.75) is 51.7 Å². The monoisotopic (exact) mass is 309 g/mol. The van der Waals surface area contributed by atoms with Crippen LogP contribution in [0.4, 0.5) is 0 Å². The summed E-state index contributed by atoms with van der Waals surface area (Å²) in [6, 6.07) is 0.0968. The van der Waals surface area contributed by atoms with Crippen molar-refractivity contribution < 1.29 is 24.2 Å². The first-order valence-electron chi connectivity index (χ1n) is 8.09. The summed E-state index contributed by atoms with van der Waals surface area (Å²) in [7, 11) is 0. The molecule has 7 atom stereocenters. The Morgan fingerprint density at radius 1 is 1.27 bits per heavy atom. The van der Waals surface area contributed by atoms with Crippen LogP contribution in [0.15, 0.2) is 0 Å². The third kappa shape index (κ3) is 2.48. The smallest absolute Gasteiger partial charge is 0.309 e. The van der Waals surface area contributed by atoms with E-state index in [-0.39, 0.29) is 47.7 Å². The Morgan fingerprint density at radius 2 is 2.00 bits per heavy atom. The van der Waals surface area contributed by atoms with E-state index in [0.717, 1.165) is 19.3 Å². The van der Waals surface area contributed by atoms with Crippen molar-refractivity contribution in [2.75, 3.05) is 0 Å². The zero-order chi connectivity index (χ0) is 16.0. The number of cyclic esters (lactones) is 1. The topological polar surface area (TPSA) is 92.7 Å². The molecule has 3 aliphatic rings. The minimum Gasteiger partial charge on any atom is -0.481 e. The number of rotatable bonds is 2. The van der Waals surface area contributed by atoms with Gasteiger partial charge in [0.1, 0.15) is 6.10 Å². The second-order valence-electron chi connectivity index (χ2n) is 7.06. The van der Waals surface area contributed by atoms with Crippen LogP contribution in [0.3, 0.4) is 0 Å². The Hall–Kier alpha value is -1.59. The van der Waals surface area contributed by atoms with Gasteiger partial charge >= 0.3 is 11.9 Å². The molecule has 3 rings (SSSR count). The van der Waals surface area contributed by atoms with Crippen LogP contribution < -0.4 is 5.32 Å². The molecule has 2 N–H and O–H groups in total. The van der Waals surface area contributed by atoms with Crippen LogP contribution in [0.1, 0.15) is 39.5 Å². The van der Waals surface area contributed by atoms with Crippen LogP contribution >= 0.6 is 0 Å². The summed E-state index contributed by atoms with van der Waals surface area (Å²) in [5.41, 5.74) is 0. The molecular weight excluding hydrogens is 286 g/mol. The summed E-state index contributed by atoms with van der Waals surface area (Å²) >= 11 is 0. The molecule has 1 unspecified atom stereocenters. The Kier molecular flexibility index (Phi) is 3.87. The van der Waals surface area contributed by atoms with Crippen LogP contribution in [0, 0.1) is 29.6 Å². The van der Waals surface area contributed by atoms with Gasteiger partial charge in [-0.3, -0.25) is 14.4 Å². The van der Waals surface area contributed by atoms with Gasteiger partial charge in [0.25, 0.3) is 0 Å². The minimum absolute atomic E-state index is 0.0548. The second kappa shape index (κ2) is 5.56. The third-order valence-electron chi connectivity index (χ3n) is 5.78. The van der Waals surface area contributed by atoms with Crippen LogP contribution in [-0.4, -0.2) is 35.1 Å². The fourth-order valence-corrected chi connectivity index (χ4v) is 5.04. The first-order valence-corrected chi connectivity index (χ1v) is 8.09. The molecule has 122 valence electrons. The number of nitrogens with one attached hydrogen (secondary N) is 1. The van der Waals surface area contributed by atoms with E-state index in [1.807, 2.05) is 6.92 Å². The number of ether oxygens (including phenoxy) is 1. The molecule has 0 spiro atoms. The fourth-order valence-electron chi connectivity index (χ4n) is 5.04. The molecule has 0 aromatic heterocycles. The van der Waals surface area contributed by atoms with Gasteiger partial charge in [0, 0.05) is 18.9 Å². The number of carboxylic acids is 1. The Bertz CT molecular complexity index is 505. The van der Waals surface area contributed by atoms with E-state index in [9.17, 15) is 19.5 Å². The predicted octanol–water partition coefficient (Wildman–Crippen LogP) is 1.19. The van der Waals surface area contributed by atoms with Gasteiger partial charge in [-0.15, -0.1) is 0 Å². The number of carbonyl (C=O) groups is 3. The van der Waals surface area contributed by atoms with Crippen LogP contribution in [0.5, 0.6) is 0 Å². The van der Waals surface area contributed by atoms with Crippen LogP contribution in [-0.2, 0) is 19.1 Å². The van der Waals surface area contributed by atoms with Gasteiger partial charge in [-0.1, -0.05) is 0 Å². The number of amides is 1. The van der Waals surface area contributed by atoms with E-state index in [4.69, 9.17) is 4.74 Å². The highest BCUT2D eigenvalue weighted by atomic mass is 16.6. The molecule has 2 saturated carbocycles. The van der Waals surface area contributed by atoms with Crippen molar-refractivity contribution in [3.05, 3.63) is 0 Å². The molecule has 6 nitrogen and oxygen atoms in total. The van der Waals surface area contributed by atoms with Gasteiger partial charge < -0.3 is 15.2 Å². The van der Waals surface area contributed by atoms with Gasteiger partial charge in [-0.2, -0.15) is 0 Å². The molecule has 1 amide bonds. The molecule has 1 aliphatic heterocycles. The lowest BCUT2D eigenvalue weighted by molar-refractivity contribution is -0.153. The average molecular weight is 309 g/mol. The lowest BCUT2D eigenvalue weighted by Crippen LogP contribution is -2.50. The number of fused-ring (bicyclic) bond motifs is 2. The lowest BCUT2D eigenvalue weighted by Gasteiger charge is -2.46. The Labute approximate surface area is 129 Å². The maximum absolute atomic E-state index is 12.0. The van der Waals surface area contributed by atoms with E-state index in [2.05, 4.69) is 5.32 Å². The van der Waals surface area contributed by atoms with E-state index < -0.39 is 11.9 Å². The standard InChI is InChI=1S/C16H23NO5/c1-7-13-12(16(21)22-7)6-9-5-10(17-8(2)18)3-4-11(9)14(13)15(19)20/h7,9-14H,3-6H2,1-2H3,(H,17,18)(H,19,20)/t7-,9+,10-,11-,12-,13-,14?/m1/s1. The SMILES string of the molecule is CC(=O)N[C@@H]1CC[C@H]2C(C(=O)O)[C@@H]3[C@@H](C)OC(=O)[C@@H]3C[C@@H]2C1. The molecule has 3 fully saturated rings. The number of hydrogen-bond acceptors (Lipinski definition) is 4. The van der Waals surface area contributed by atoms with Gasteiger partial charge in [-0.25, -0.2) is 0 Å². The van der Waals surface area contributed by atoms with Crippen LogP contribution in [0.25, 0.3) is 0 Å². The molecule has 1 heterocycles. The largest absolute Gasteiger partial charge is 0.481 e. The maximum Gasteiger partial charge on any atom is 0.309 e. The van der Waals surface area contributed by atoms with Crippen molar-refractivity contribution in [2.24, 2.45) is 29.6 Å². The third-order valence-corrected chi connectivity index (χ3v) is 5.78. The average Bonchev–Trinajstić information content (AvgIpc) is 2.70. The van der Waals surface area contributed by atoms with Gasteiger partial charge in [0.05, 0.1) is 11.8 Å². The van der Waals surface area contributed by atoms with E-state index in [0.29, 0.717) is 6.42 Å². The number of aliphatic carboxylic acids is 1. The van der Waals surface area contributed by atoms with Crippen molar-refractivity contribution in [3.8, 4) is 0 Å². The molecule has 6 heteroatoms. The molecule has 2 aliphatic carbocycles. The highest BCUT2D eigenvalue weighted by molar-refractivity contribution is 5.79. The number of esters is 1. The quantitative estimate of drug-likeness (QED) is 0.747. The van der Waals surface area contributed by atoms with Crippen molar-refractivity contribution >= 4 is 17.8 Å². The van der Waals surface area contributed by atoms with Crippen molar-refractivity contribution in [1.29, 1.82) is 0 Å². The summed E-state index contributed by atoms with van der Waals surface area (Å²) < 4.78 is 5.31. The molecule has 22 heavy (non-hydrogen) atoms. The highest BCUT2D eigenvalue weighted by Crippen LogP contribution is 2.53. The number of carboxylic acid groups (broad SMARTS) is 1. The van der Waals surface area contributed by atoms with Gasteiger partial charge in [-0.05, 0) is 44.4 Å². The van der Waals surface area contributed by atoms with Gasteiger partial charge in [0.2, 0.25) is 5.91 Å².